The first kappa shape index (κ1) is 22.2. The van der Waals surface area contributed by atoms with Gasteiger partial charge in [-0.25, -0.2) is 4.98 Å². The molecule has 6 nitrogen and oxygen atoms in total. The predicted molar refractivity (Wildman–Crippen MR) is 154 cm³/mol. The van der Waals surface area contributed by atoms with Gasteiger partial charge in [-0.05, 0) is 36.4 Å². The van der Waals surface area contributed by atoms with Crippen LogP contribution in [0.25, 0.3) is 39.0 Å². The van der Waals surface area contributed by atoms with E-state index in [1.165, 1.54) is 21.8 Å². The molecule has 0 saturated carbocycles. The molecule has 0 saturated heterocycles. The summed E-state index contributed by atoms with van der Waals surface area (Å²) in [7, 11) is 4.13. The summed E-state index contributed by atoms with van der Waals surface area (Å²) in [5.41, 5.74) is 4.43. The fourth-order valence-electron chi connectivity index (χ4n) is 5.30. The van der Waals surface area contributed by atoms with Crippen molar-refractivity contribution in [3.63, 3.8) is 0 Å². The van der Waals surface area contributed by atoms with Crippen molar-refractivity contribution in [3.05, 3.63) is 116 Å². The average molecular weight is 498 g/mol. The van der Waals surface area contributed by atoms with Crippen molar-refractivity contribution in [2.75, 3.05) is 18.6 Å². The van der Waals surface area contributed by atoms with E-state index in [-0.39, 0.29) is 0 Å². The standard InChI is InChI=1S/C32H27N5O/c1-34-17-18-36(22-34)24-10-8-12-26(20-24)38-25-11-7-9-23(19-25)32-33-21-31(35(32)2)37-29-15-5-3-13-27(29)28-14-4-6-16-30(28)37/h3-21H,22H2,1-2H3. The first-order chi connectivity index (χ1) is 18.7. The number of hydrogen-bond donors (Lipinski definition) is 0. The Bertz CT molecular complexity index is 1780. The number of nitrogens with zero attached hydrogens (tertiary/aromatic N) is 5. The zero-order valence-corrected chi connectivity index (χ0v) is 21.3. The van der Waals surface area contributed by atoms with Gasteiger partial charge in [-0.3, -0.25) is 4.57 Å². The molecule has 186 valence electrons. The minimum absolute atomic E-state index is 0.773. The highest BCUT2D eigenvalue weighted by molar-refractivity contribution is 6.09. The van der Waals surface area contributed by atoms with E-state index in [0.717, 1.165) is 41.1 Å². The van der Waals surface area contributed by atoms with E-state index in [2.05, 4.69) is 112 Å². The summed E-state index contributed by atoms with van der Waals surface area (Å²) >= 11 is 0. The summed E-state index contributed by atoms with van der Waals surface area (Å²) in [6, 6.07) is 33.3. The molecule has 2 aromatic heterocycles. The summed E-state index contributed by atoms with van der Waals surface area (Å²) < 4.78 is 10.7. The van der Waals surface area contributed by atoms with Crippen molar-refractivity contribution < 1.29 is 4.74 Å². The number of ether oxygens (including phenoxy) is 1. The Morgan fingerprint density at radius 3 is 2.11 bits per heavy atom. The molecule has 3 heterocycles. The molecule has 4 aromatic carbocycles. The second-order valence-corrected chi connectivity index (χ2v) is 9.66. The van der Waals surface area contributed by atoms with Crippen LogP contribution in [0.15, 0.2) is 116 Å². The lowest BCUT2D eigenvalue weighted by molar-refractivity contribution is 0.481. The summed E-state index contributed by atoms with van der Waals surface area (Å²) in [6.07, 6.45) is 6.10. The first-order valence-electron chi connectivity index (χ1n) is 12.7. The zero-order valence-electron chi connectivity index (χ0n) is 21.3. The topological polar surface area (TPSA) is 38.5 Å². The molecule has 1 aliphatic rings. The summed E-state index contributed by atoms with van der Waals surface area (Å²) in [5.74, 6) is 3.47. The number of aromatic nitrogens is 3. The molecule has 0 atom stereocenters. The number of hydrogen-bond acceptors (Lipinski definition) is 4. The Hall–Kier alpha value is -4.97. The highest BCUT2D eigenvalue weighted by Gasteiger charge is 2.17. The third kappa shape index (κ3) is 3.69. The first-order valence-corrected chi connectivity index (χ1v) is 12.7. The molecule has 0 N–H and O–H groups in total. The van der Waals surface area contributed by atoms with Gasteiger partial charge >= 0.3 is 0 Å². The maximum absolute atomic E-state index is 6.30. The highest BCUT2D eigenvalue weighted by atomic mass is 16.5. The minimum atomic E-state index is 0.773. The van der Waals surface area contributed by atoms with Crippen molar-refractivity contribution >= 4 is 27.5 Å². The lowest BCUT2D eigenvalue weighted by Crippen LogP contribution is -2.21. The predicted octanol–water partition coefficient (Wildman–Crippen LogP) is 7.16. The van der Waals surface area contributed by atoms with E-state index >= 15 is 0 Å². The maximum Gasteiger partial charge on any atom is 0.141 e. The van der Waals surface area contributed by atoms with E-state index in [1.807, 2.05) is 36.5 Å². The van der Waals surface area contributed by atoms with Crippen LogP contribution in [0.2, 0.25) is 0 Å². The van der Waals surface area contributed by atoms with Crippen molar-refractivity contribution in [2.24, 2.45) is 7.05 Å². The quantitative estimate of drug-likeness (QED) is 0.253. The number of benzene rings is 4. The number of imidazole rings is 1. The van der Waals surface area contributed by atoms with Crippen LogP contribution in [0.5, 0.6) is 11.5 Å². The van der Waals surface area contributed by atoms with Crippen LogP contribution < -0.4 is 9.64 Å². The van der Waals surface area contributed by atoms with Crippen LogP contribution in [0.3, 0.4) is 0 Å². The van der Waals surface area contributed by atoms with Crippen LogP contribution in [0, 0.1) is 0 Å². The summed E-state index contributed by atoms with van der Waals surface area (Å²) in [6.45, 7) is 0.826. The molecule has 7 rings (SSSR count). The number of para-hydroxylation sites is 2. The Balaban J connectivity index is 1.23. The van der Waals surface area contributed by atoms with Gasteiger partial charge in [0, 0.05) is 54.6 Å². The molecule has 0 aliphatic carbocycles. The lowest BCUT2D eigenvalue weighted by Gasteiger charge is -2.19. The maximum atomic E-state index is 6.30. The fraction of sp³-hybridized carbons (Fsp3) is 0.0938. The van der Waals surface area contributed by atoms with Crippen molar-refractivity contribution in [2.45, 2.75) is 0 Å². The molecule has 38 heavy (non-hydrogen) atoms. The van der Waals surface area contributed by atoms with Crippen molar-refractivity contribution in [1.29, 1.82) is 0 Å². The summed E-state index contributed by atoms with van der Waals surface area (Å²) in [5, 5.41) is 2.47. The van der Waals surface area contributed by atoms with Crippen LogP contribution in [0.1, 0.15) is 0 Å². The van der Waals surface area contributed by atoms with Gasteiger partial charge in [-0.1, -0.05) is 54.6 Å². The Morgan fingerprint density at radius 1 is 0.711 bits per heavy atom. The number of fused-ring (bicyclic) bond motifs is 3. The van der Waals surface area contributed by atoms with Gasteiger partial charge in [-0.2, -0.15) is 0 Å². The van der Waals surface area contributed by atoms with Gasteiger partial charge in [-0.15, -0.1) is 0 Å². The second kappa shape index (κ2) is 8.85. The van der Waals surface area contributed by atoms with Crippen molar-refractivity contribution in [1.82, 2.24) is 19.0 Å². The molecule has 1 aliphatic heterocycles. The van der Waals surface area contributed by atoms with E-state index in [9.17, 15) is 0 Å². The van der Waals surface area contributed by atoms with Gasteiger partial charge in [0.25, 0.3) is 0 Å². The molecule has 6 heteroatoms. The van der Waals surface area contributed by atoms with Gasteiger partial charge < -0.3 is 19.1 Å². The van der Waals surface area contributed by atoms with E-state index in [1.54, 1.807) is 0 Å². The summed E-state index contributed by atoms with van der Waals surface area (Å²) in [4.78, 5) is 9.17. The average Bonchev–Trinajstić information content (AvgIpc) is 3.64. The Labute approximate surface area is 221 Å². The van der Waals surface area contributed by atoms with Crippen LogP contribution in [0.4, 0.5) is 5.69 Å². The second-order valence-electron chi connectivity index (χ2n) is 9.66. The molecule has 0 unspecified atom stereocenters. The largest absolute Gasteiger partial charge is 0.457 e. The molecule has 0 spiro atoms. The molecule has 0 bridgehead atoms. The van der Waals surface area contributed by atoms with Gasteiger partial charge in [0.15, 0.2) is 0 Å². The Kier molecular flexibility index (Phi) is 5.18. The normalized spacial score (nSPS) is 13.2. The third-order valence-corrected chi connectivity index (χ3v) is 7.13. The van der Waals surface area contributed by atoms with Crippen LogP contribution in [-0.4, -0.2) is 32.7 Å². The van der Waals surface area contributed by atoms with Crippen LogP contribution in [-0.2, 0) is 7.05 Å². The van der Waals surface area contributed by atoms with E-state index < -0.39 is 0 Å². The minimum Gasteiger partial charge on any atom is -0.457 e. The lowest BCUT2D eigenvalue weighted by atomic mass is 10.2. The molecule has 0 amide bonds. The Morgan fingerprint density at radius 2 is 1.39 bits per heavy atom. The van der Waals surface area contributed by atoms with Crippen molar-refractivity contribution in [3.8, 4) is 28.7 Å². The number of anilines is 1. The molecule has 0 radical (unpaired) electrons. The fourth-order valence-corrected chi connectivity index (χ4v) is 5.30. The third-order valence-electron chi connectivity index (χ3n) is 7.13. The van der Waals surface area contributed by atoms with E-state index in [0.29, 0.717) is 0 Å². The number of rotatable bonds is 5. The van der Waals surface area contributed by atoms with Gasteiger partial charge in [0.2, 0.25) is 0 Å². The van der Waals surface area contributed by atoms with Crippen LogP contribution >= 0.6 is 0 Å². The highest BCUT2D eigenvalue weighted by Crippen LogP contribution is 2.34. The van der Waals surface area contributed by atoms with Gasteiger partial charge in [0.05, 0.1) is 23.9 Å². The molecular weight excluding hydrogens is 470 g/mol. The molecule has 0 fully saturated rings. The molecular formula is C32H27N5O. The van der Waals surface area contributed by atoms with E-state index in [4.69, 9.17) is 9.72 Å². The molecule has 6 aromatic rings. The zero-order chi connectivity index (χ0) is 25.6. The monoisotopic (exact) mass is 497 g/mol. The smallest absolute Gasteiger partial charge is 0.141 e. The van der Waals surface area contributed by atoms with Gasteiger partial charge in [0.1, 0.15) is 23.1 Å². The SMILES string of the molecule is CN1C=CN(c2cccc(Oc3cccc(-c4ncc(-n5c6ccccc6c6ccccc65)n4C)c3)c2)C1.